The van der Waals surface area contributed by atoms with Gasteiger partial charge in [-0.05, 0) is 37.4 Å². The van der Waals surface area contributed by atoms with Crippen LogP contribution in [0.1, 0.15) is 25.7 Å². The molecule has 0 amide bonds. The fraction of sp³-hybridized carbons (Fsp3) is 0.462. The van der Waals surface area contributed by atoms with Gasteiger partial charge in [0.1, 0.15) is 11.5 Å². The van der Waals surface area contributed by atoms with Crippen molar-refractivity contribution < 1.29 is 8.91 Å². The van der Waals surface area contributed by atoms with Gasteiger partial charge in [-0.2, -0.15) is 4.98 Å². The molecule has 0 aliphatic heterocycles. The molecular weight excluding hydrogens is 247 g/mol. The van der Waals surface area contributed by atoms with Crippen molar-refractivity contribution in [2.45, 2.75) is 26.2 Å². The molecule has 2 heterocycles. The van der Waals surface area contributed by atoms with Crippen LogP contribution in [0, 0.1) is 11.7 Å². The summed E-state index contributed by atoms with van der Waals surface area (Å²) in [7, 11) is 0. The van der Waals surface area contributed by atoms with Crippen LogP contribution >= 0.6 is 0 Å². The summed E-state index contributed by atoms with van der Waals surface area (Å²) in [6.07, 6.45) is 3.79. The topological polar surface area (TPSA) is 77.8 Å². The predicted molar refractivity (Wildman–Crippen MR) is 68.6 cm³/mol. The van der Waals surface area contributed by atoms with E-state index in [1.807, 2.05) is 0 Å². The number of nitrogens with zero attached hydrogens (tertiary/aromatic N) is 3. The number of halogens is 1. The van der Waals surface area contributed by atoms with E-state index >= 15 is 0 Å². The second-order valence-electron chi connectivity index (χ2n) is 4.59. The predicted octanol–water partition coefficient (Wildman–Crippen LogP) is 2.19. The second kappa shape index (κ2) is 6.38. The summed E-state index contributed by atoms with van der Waals surface area (Å²) in [5.74, 6) is 1.11. The molecule has 0 aliphatic carbocycles. The maximum absolute atomic E-state index is 12.8. The Hall–Kier alpha value is -1.82. The molecule has 0 saturated heterocycles. The number of nitrogens with two attached hydrogens (primary N) is 1. The average Bonchev–Trinajstić information content (AvgIpc) is 2.86. The monoisotopic (exact) mass is 264 g/mol. The van der Waals surface area contributed by atoms with Gasteiger partial charge in [-0.1, -0.05) is 12.1 Å². The van der Waals surface area contributed by atoms with Gasteiger partial charge in [0.2, 0.25) is 11.7 Å². The molecule has 0 saturated carbocycles. The molecule has 0 fully saturated rings. The first-order chi connectivity index (χ1) is 9.19. The fourth-order valence-corrected chi connectivity index (χ4v) is 1.77. The van der Waals surface area contributed by atoms with Crippen LogP contribution in [-0.2, 0) is 6.42 Å². The van der Waals surface area contributed by atoms with Gasteiger partial charge >= 0.3 is 0 Å². The highest BCUT2D eigenvalue weighted by molar-refractivity contribution is 5.47. The molecule has 1 unspecified atom stereocenters. The molecule has 6 heteroatoms. The summed E-state index contributed by atoms with van der Waals surface area (Å²) in [6.45, 7) is 2.83. The molecule has 0 aromatic carbocycles. The molecule has 5 nitrogen and oxygen atoms in total. The van der Waals surface area contributed by atoms with Gasteiger partial charge in [0.25, 0.3) is 0 Å². The first-order valence-corrected chi connectivity index (χ1v) is 6.33. The van der Waals surface area contributed by atoms with Crippen LogP contribution in [-0.4, -0.2) is 21.7 Å². The lowest BCUT2D eigenvalue weighted by molar-refractivity contribution is 0.362. The Bertz CT molecular complexity index is 512. The van der Waals surface area contributed by atoms with Gasteiger partial charge in [-0.25, -0.2) is 9.37 Å². The van der Waals surface area contributed by atoms with E-state index in [2.05, 4.69) is 22.0 Å². The van der Waals surface area contributed by atoms with E-state index in [0.717, 1.165) is 25.5 Å². The number of pyridine rings is 1. The molecule has 19 heavy (non-hydrogen) atoms. The number of hydrogen-bond donors (Lipinski definition) is 1. The number of aromatic nitrogens is 3. The number of aryl methyl sites for hydroxylation is 1. The van der Waals surface area contributed by atoms with Crippen molar-refractivity contribution in [2.24, 2.45) is 11.7 Å². The third kappa shape index (κ3) is 3.82. The van der Waals surface area contributed by atoms with Crippen molar-refractivity contribution in [2.75, 3.05) is 6.54 Å². The number of hydrogen-bond acceptors (Lipinski definition) is 5. The van der Waals surface area contributed by atoms with Crippen molar-refractivity contribution in [1.29, 1.82) is 0 Å². The standard InChI is InChI=1S/C13H17FN4O/c1-9(6-7-15)2-5-12-17-13(18-19-12)11-4-3-10(14)8-16-11/h3-4,8-9H,2,5-7,15H2,1H3. The van der Waals surface area contributed by atoms with Gasteiger partial charge in [-0.15, -0.1) is 0 Å². The molecule has 2 aromatic heterocycles. The molecule has 0 aliphatic rings. The second-order valence-corrected chi connectivity index (χ2v) is 4.59. The molecule has 2 rings (SSSR count). The smallest absolute Gasteiger partial charge is 0.227 e. The van der Waals surface area contributed by atoms with Crippen LogP contribution in [0.15, 0.2) is 22.9 Å². The summed E-state index contributed by atoms with van der Waals surface area (Å²) < 4.78 is 17.9. The van der Waals surface area contributed by atoms with E-state index in [0.29, 0.717) is 29.9 Å². The minimum absolute atomic E-state index is 0.386. The molecule has 0 radical (unpaired) electrons. The lowest BCUT2D eigenvalue weighted by Gasteiger charge is -2.06. The zero-order valence-corrected chi connectivity index (χ0v) is 10.8. The van der Waals surface area contributed by atoms with Gasteiger partial charge in [0.05, 0.1) is 6.20 Å². The lowest BCUT2D eigenvalue weighted by atomic mass is 10.0. The quantitative estimate of drug-likeness (QED) is 0.865. The van der Waals surface area contributed by atoms with E-state index in [1.54, 1.807) is 0 Å². The van der Waals surface area contributed by atoms with Crippen LogP contribution in [0.2, 0.25) is 0 Å². The minimum atomic E-state index is -0.386. The Balaban J connectivity index is 1.97. The maximum atomic E-state index is 12.8. The molecule has 1 atom stereocenters. The van der Waals surface area contributed by atoms with Crippen molar-refractivity contribution in [1.82, 2.24) is 15.1 Å². The molecular formula is C13H17FN4O. The first kappa shape index (κ1) is 13.6. The van der Waals surface area contributed by atoms with E-state index in [9.17, 15) is 4.39 Å². The highest BCUT2D eigenvalue weighted by atomic mass is 19.1. The normalized spacial score (nSPS) is 12.6. The molecule has 0 spiro atoms. The van der Waals surface area contributed by atoms with E-state index in [1.165, 1.54) is 12.1 Å². The van der Waals surface area contributed by atoms with E-state index in [4.69, 9.17) is 10.3 Å². The summed E-state index contributed by atoms with van der Waals surface area (Å²) in [5, 5.41) is 3.84. The number of rotatable bonds is 6. The zero-order valence-electron chi connectivity index (χ0n) is 10.8. The molecule has 2 aromatic rings. The van der Waals surface area contributed by atoms with Gasteiger partial charge in [-0.3, -0.25) is 0 Å². The fourth-order valence-electron chi connectivity index (χ4n) is 1.77. The SMILES string of the molecule is CC(CCN)CCc1nc(-c2ccc(F)cn2)no1. The van der Waals surface area contributed by atoms with Crippen LogP contribution in [0.25, 0.3) is 11.5 Å². The molecule has 2 N–H and O–H groups in total. The Morgan fingerprint density at radius 1 is 1.37 bits per heavy atom. The van der Waals surface area contributed by atoms with Crippen LogP contribution in [0.5, 0.6) is 0 Å². The highest BCUT2D eigenvalue weighted by Crippen LogP contribution is 2.15. The van der Waals surface area contributed by atoms with Crippen LogP contribution in [0.4, 0.5) is 4.39 Å². The largest absolute Gasteiger partial charge is 0.339 e. The molecule has 0 bridgehead atoms. The van der Waals surface area contributed by atoms with E-state index in [-0.39, 0.29) is 5.82 Å². The third-order valence-corrected chi connectivity index (χ3v) is 2.94. The third-order valence-electron chi connectivity index (χ3n) is 2.94. The van der Waals surface area contributed by atoms with Crippen molar-refractivity contribution in [3.8, 4) is 11.5 Å². The van der Waals surface area contributed by atoms with Gasteiger partial charge in [0, 0.05) is 6.42 Å². The molecule has 102 valence electrons. The van der Waals surface area contributed by atoms with E-state index < -0.39 is 0 Å². The van der Waals surface area contributed by atoms with Gasteiger partial charge < -0.3 is 10.3 Å². The maximum Gasteiger partial charge on any atom is 0.227 e. The zero-order chi connectivity index (χ0) is 13.7. The Labute approximate surface area is 111 Å². The highest BCUT2D eigenvalue weighted by Gasteiger charge is 2.11. The Morgan fingerprint density at radius 2 is 2.21 bits per heavy atom. The lowest BCUT2D eigenvalue weighted by Crippen LogP contribution is -2.06. The Morgan fingerprint density at radius 3 is 2.89 bits per heavy atom. The summed E-state index contributed by atoms with van der Waals surface area (Å²) in [6, 6.07) is 2.85. The minimum Gasteiger partial charge on any atom is -0.339 e. The summed E-state index contributed by atoms with van der Waals surface area (Å²) in [4.78, 5) is 8.16. The summed E-state index contributed by atoms with van der Waals surface area (Å²) >= 11 is 0. The van der Waals surface area contributed by atoms with Crippen LogP contribution < -0.4 is 5.73 Å². The van der Waals surface area contributed by atoms with Crippen molar-refractivity contribution >= 4 is 0 Å². The van der Waals surface area contributed by atoms with Crippen molar-refractivity contribution in [3.05, 3.63) is 30.0 Å². The van der Waals surface area contributed by atoms with Gasteiger partial charge in [0.15, 0.2) is 0 Å². The average molecular weight is 264 g/mol. The Kier molecular flexibility index (Phi) is 4.57. The van der Waals surface area contributed by atoms with Crippen molar-refractivity contribution in [3.63, 3.8) is 0 Å². The summed E-state index contributed by atoms with van der Waals surface area (Å²) in [5.41, 5.74) is 6.01. The first-order valence-electron chi connectivity index (χ1n) is 6.33. The van der Waals surface area contributed by atoms with Crippen LogP contribution in [0.3, 0.4) is 0 Å².